The van der Waals surface area contributed by atoms with Crippen molar-refractivity contribution in [2.24, 2.45) is 0 Å². The second-order valence-electron chi connectivity index (χ2n) is 4.96. The van der Waals surface area contributed by atoms with Crippen LogP contribution in [0.25, 0.3) is 11.1 Å². The summed E-state index contributed by atoms with van der Waals surface area (Å²) in [6.45, 7) is 0. The first kappa shape index (κ1) is 11.8. The molecule has 0 unspecified atom stereocenters. The number of fused-ring (bicyclic) bond motifs is 2. The van der Waals surface area contributed by atoms with Crippen LogP contribution in [0.4, 0.5) is 0 Å². The van der Waals surface area contributed by atoms with Gasteiger partial charge in [-0.15, -0.1) is 0 Å². The fourth-order valence-electron chi connectivity index (χ4n) is 2.73. The zero-order chi connectivity index (χ0) is 13.4. The summed E-state index contributed by atoms with van der Waals surface area (Å²) < 4.78 is 0. The van der Waals surface area contributed by atoms with Crippen LogP contribution in [0.15, 0.2) is 76.5 Å². The standard InChI is InChI=1S/C19H13S/c1-2-7-14(8-3-1)16-10-6-12-19-17(16)13-15-9-4-5-11-18(15)20-19/h1-2,4-12H,13H2. The van der Waals surface area contributed by atoms with Crippen molar-refractivity contribution in [3.05, 3.63) is 83.9 Å². The molecule has 1 aliphatic heterocycles. The SMILES string of the molecule is [c]1cccc(-c2cccc3c2Cc2ccccc2S3)c1. The fourth-order valence-corrected chi connectivity index (χ4v) is 3.84. The van der Waals surface area contributed by atoms with Gasteiger partial charge < -0.3 is 0 Å². The molecule has 0 saturated heterocycles. The van der Waals surface area contributed by atoms with E-state index in [1.807, 2.05) is 17.8 Å². The summed E-state index contributed by atoms with van der Waals surface area (Å²) in [5, 5.41) is 0. The summed E-state index contributed by atoms with van der Waals surface area (Å²) >= 11 is 1.88. The van der Waals surface area contributed by atoms with Gasteiger partial charge in [-0.25, -0.2) is 0 Å². The molecular weight excluding hydrogens is 260 g/mol. The molecule has 0 spiro atoms. The van der Waals surface area contributed by atoms with Crippen molar-refractivity contribution in [3.8, 4) is 11.1 Å². The Morgan fingerprint density at radius 2 is 1.75 bits per heavy atom. The van der Waals surface area contributed by atoms with Crippen LogP contribution in [-0.4, -0.2) is 0 Å². The van der Waals surface area contributed by atoms with Gasteiger partial charge in [0.05, 0.1) is 0 Å². The topological polar surface area (TPSA) is 0 Å². The minimum atomic E-state index is 1.02. The molecule has 0 N–H and O–H groups in total. The second-order valence-corrected chi connectivity index (χ2v) is 6.04. The highest BCUT2D eigenvalue weighted by Crippen LogP contribution is 2.42. The van der Waals surface area contributed by atoms with Crippen molar-refractivity contribution in [1.82, 2.24) is 0 Å². The van der Waals surface area contributed by atoms with Crippen molar-refractivity contribution in [2.45, 2.75) is 16.2 Å². The quantitative estimate of drug-likeness (QED) is 0.459. The molecule has 0 bridgehead atoms. The largest absolute Gasteiger partial charge is 0.0895 e. The normalized spacial score (nSPS) is 12.6. The van der Waals surface area contributed by atoms with Crippen molar-refractivity contribution in [3.63, 3.8) is 0 Å². The molecule has 1 heteroatoms. The van der Waals surface area contributed by atoms with Gasteiger partial charge in [0.2, 0.25) is 0 Å². The average molecular weight is 273 g/mol. The highest BCUT2D eigenvalue weighted by Gasteiger charge is 2.18. The van der Waals surface area contributed by atoms with E-state index in [2.05, 4.69) is 66.7 Å². The van der Waals surface area contributed by atoms with Crippen molar-refractivity contribution >= 4 is 11.8 Å². The van der Waals surface area contributed by atoms with Crippen LogP contribution in [0.2, 0.25) is 0 Å². The van der Waals surface area contributed by atoms with Crippen molar-refractivity contribution in [1.29, 1.82) is 0 Å². The molecule has 95 valence electrons. The van der Waals surface area contributed by atoms with E-state index in [-0.39, 0.29) is 0 Å². The fraction of sp³-hybridized carbons (Fsp3) is 0.0526. The molecule has 3 aromatic carbocycles. The van der Waals surface area contributed by atoms with Crippen LogP contribution in [-0.2, 0) is 6.42 Å². The lowest BCUT2D eigenvalue weighted by Crippen LogP contribution is -2.01. The van der Waals surface area contributed by atoms with E-state index < -0.39 is 0 Å². The van der Waals surface area contributed by atoms with Crippen LogP contribution in [0.3, 0.4) is 0 Å². The third-order valence-electron chi connectivity index (χ3n) is 3.71. The molecule has 1 radical (unpaired) electrons. The first-order valence-corrected chi connectivity index (χ1v) is 7.57. The predicted molar refractivity (Wildman–Crippen MR) is 84.1 cm³/mol. The van der Waals surface area contributed by atoms with E-state index in [1.54, 1.807) is 0 Å². The zero-order valence-corrected chi connectivity index (χ0v) is 11.8. The van der Waals surface area contributed by atoms with Gasteiger partial charge in [0.1, 0.15) is 0 Å². The first-order chi connectivity index (χ1) is 9.92. The maximum atomic E-state index is 3.18. The maximum Gasteiger partial charge on any atom is 0.0164 e. The van der Waals surface area contributed by atoms with Gasteiger partial charge in [-0.05, 0) is 46.5 Å². The minimum Gasteiger partial charge on any atom is -0.0895 e. The molecule has 3 aromatic rings. The molecular formula is C19H13S. The molecule has 4 rings (SSSR count). The molecule has 0 nitrogen and oxygen atoms in total. The number of hydrogen-bond donors (Lipinski definition) is 0. The van der Waals surface area contributed by atoms with Crippen LogP contribution in [0.5, 0.6) is 0 Å². The Bertz CT molecular complexity index is 760. The van der Waals surface area contributed by atoms with Gasteiger partial charge >= 0.3 is 0 Å². The van der Waals surface area contributed by atoms with E-state index in [9.17, 15) is 0 Å². The van der Waals surface area contributed by atoms with Gasteiger partial charge in [0.15, 0.2) is 0 Å². The lowest BCUT2D eigenvalue weighted by molar-refractivity contribution is 1.06. The number of rotatable bonds is 1. The van der Waals surface area contributed by atoms with E-state index in [1.165, 1.54) is 32.0 Å². The Kier molecular flexibility index (Phi) is 2.86. The Hall–Kier alpha value is -1.99. The van der Waals surface area contributed by atoms with Gasteiger partial charge in [0, 0.05) is 16.2 Å². The summed E-state index contributed by atoms with van der Waals surface area (Å²) in [5.74, 6) is 0. The number of hydrogen-bond acceptors (Lipinski definition) is 1. The summed E-state index contributed by atoms with van der Waals surface area (Å²) in [6.07, 6.45) is 1.02. The van der Waals surface area contributed by atoms with Gasteiger partial charge in [-0.2, -0.15) is 0 Å². The van der Waals surface area contributed by atoms with Crippen molar-refractivity contribution in [2.75, 3.05) is 0 Å². The maximum absolute atomic E-state index is 3.18. The molecule has 1 aliphatic rings. The van der Waals surface area contributed by atoms with E-state index >= 15 is 0 Å². The molecule has 0 atom stereocenters. The summed E-state index contributed by atoms with van der Waals surface area (Å²) in [4.78, 5) is 2.77. The highest BCUT2D eigenvalue weighted by molar-refractivity contribution is 7.99. The Balaban J connectivity index is 1.87. The summed E-state index contributed by atoms with van der Waals surface area (Å²) in [5.41, 5.74) is 5.46. The van der Waals surface area contributed by atoms with Gasteiger partial charge in [-0.1, -0.05) is 60.3 Å². The summed E-state index contributed by atoms with van der Waals surface area (Å²) in [7, 11) is 0. The Labute approximate surface area is 123 Å². The van der Waals surface area contributed by atoms with Gasteiger partial charge in [-0.3, -0.25) is 0 Å². The van der Waals surface area contributed by atoms with Crippen molar-refractivity contribution < 1.29 is 0 Å². The third-order valence-corrected chi connectivity index (χ3v) is 4.93. The smallest absolute Gasteiger partial charge is 0.0164 e. The molecule has 0 fully saturated rings. The van der Waals surface area contributed by atoms with Crippen LogP contribution < -0.4 is 0 Å². The lowest BCUT2D eigenvalue weighted by atomic mass is 9.94. The predicted octanol–water partition coefficient (Wildman–Crippen LogP) is 5.21. The molecule has 1 heterocycles. The number of benzene rings is 3. The second kappa shape index (κ2) is 4.84. The minimum absolute atomic E-state index is 1.02. The molecule has 20 heavy (non-hydrogen) atoms. The van der Waals surface area contributed by atoms with E-state index in [0.717, 1.165) is 6.42 Å². The van der Waals surface area contributed by atoms with Crippen LogP contribution in [0, 0.1) is 6.07 Å². The van der Waals surface area contributed by atoms with Crippen LogP contribution in [0.1, 0.15) is 11.1 Å². The molecule has 0 saturated carbocycles. The third kappa shape index (κ3) is 1.95. The summed E-state index contributed by atoms with van der Waals surface area (Å²) in [6, 6.07) is 26.7. The Morgan fingerprint density at radius 3 is 2.65 bits per heavy atom. The molecule has 0 aromatic heterocycles. The lowest BCUT2D eigenvalue weighted by Gasteiger charge is -2.21. The van der Waals surface area contributed by atoms with Gasteiger partial charge in [0.25, 0.3) is 0 Å². The van der Waals surface area contributed by atoms with Crippen LogP contribution >= 0.6 is 11.8 Å². The monoisotopic (exact) mass is 273 g/mol. The Morgan fingerprint density at radius 1 is 0.850 bits per heavy atom. The van der Waals surface area contributed by atoms with E-state index in [4.69, 9.17) is 0 Å². The average Bonchev–Trinajstić information content (AvgIpc) is 2.53. The molecule has 0 amide bonds. The zero-order valence-electron chi connectivity index (χ0n) is 11.0. The highest BCUT2D eigenvalue weighted by atomic mass is 32.2. The molecule has 0 aliphatic carbocycles. The van der Waals surface area contributed by atoms with E-state index in [0.29, 0.717) is 0 Å². The first-order valence-electron chi connectivity index (χ1n) is 6.76.